The molecule has 1 saturated carbocycles. The van der Waals surface area contributed by atoms with Crippen LogP contribution < -0.4 is 11.1 Å². The van der Waals surface area contributed by atoms with Crippen LogP contribution in [0.25, 0.3) is 0 Å². The molecular weight excluding hydrogens is 268 g/mol. The van der Waals surface area contributed by atoms with Crippen molar-refractivity contribution >= 4 is 11.7 Å². The number of amidine groups is 1. The number of likely N-dealkylation sites (tertiary alicyclic amines) is 1. The van der Waals surface area contributed by atoms with Gasteiger partial charge in [-0.15, -0.1) is 0 Å². The van der Waals surface area contributed by atoms with Crippen molar-refractivity contribution in [2.45, 2.75) is 39.5 Å². The van der Waals surface area contributed by atoms with Gasteiger partial charge in [0, 0.05) is 13.1 Å². The molecule has 0 radical (unpaired) electrons. The van der Waals surface area contributed by atoms with Crippen LogP contribution >= 0.6 is 0 Å². The van der Waals surface area contributed by atoms with E-state index in [1.54, 1.807) is 0 Å². The van der Waals surface area contributed by atoms with Crippen LogP contribution in [0.2, 0.25) is 0 Å². The van der Waals surface area contributed by atoms with Crippen LogP contribution in [0.5, 0.6) is 0 Å². The van der Waals surface area contributed by atoms with Crippen molar-refractivity contribution in [3.63, 3.8) is 0 Å². The molecular formula is C15H28N4O2. The average Bonchev–Trinajstić information content (AvgIpc) is 2.92. The molecule has 1 heterocycles. The average molecular weight is 296 g/mol. The Morgan fingerprint density at radius 2 is 2.10 bits per heavy atom. The first-order valence-electron chi connectivity index (χ1n) is 7.96. The third-order valence-corrected chi connectivity index (χ3v) is 4.81. The van der Waals surface area contributed by atoms with Crippen molar-refractivity contribution in [2.24, 2.45) is 28.1 Å². The topological polar surface area (TPSA) is 91.0 Å². The van der Waals surface area contributed by atoms with Crippen molar-refractivity contribution in [1.82, 2.24) is 10.2 Å². The monoisotopic (exact) mass is 296 g/mol. The van der Waals surface area contributed by atoms with E-state index in [9.17, 15) is 4.79 Å². The third kappa shape index (κ3) is 3.48. The van der Waals surface area contributed by atoms with E-state index in [-0.39, 0.29) is 11.7 Å². The van der Waals surface area contributed by atoms with Gasteiger partial charge in [0.05, 0.1) is 0 Å². The highest BCUT2D eigenvalue weighted by atomic mass is 16.4. The number of carbonyl (C=O) groups excluding carboxylic acids is 1. The lowest BCUT2D eigenvalue weighted by Crippen LogP contribution is -2.57. The van der Waals surface area contributed by atoms with Crippen LogP contribution in [0.15, 0.2) is 5.16 Å². The Morgan fingerprint density at radius 1 is 1.48 bits per heavy atom. The molecule has 6 nitrogen and oxygen atoms in total. The fraction of sp³-hybridized carbons (Fsp3) is 0.867. The standard InChI is InChI=1S/C15H28N4O2/c1-11-7-15(8-11,13(16)18-21)14(20)17-9-12(2)10-19-5-3-4-6-19/h11-12,21H,3-10H2,1-2H3,(H2,16,18)(H,17,20). The quantitative estimate of drug-likeness (QED) is 0.295. The van der Waals surface area contributed by atoms with Gasteiger partial charge in [-0.25, -0.2) is 0 Å². The summed E-state index contributed by atoms with van der Waals surface area (Å²) < 4.78 is 0. The largest absolute Gasteiger partial charge is 0.409 e. The van der Waals surface area contributed by atoms with Gasteiger partial charge in [0.1, 0.15) is 5.41 Å². The number of carbonyl (C=O) groups is 1. The summed E-state index contributed by atoms with van der Waals surface area (Å²) in [6, 6.07) is 0. The maximum atomic E-state index is 12.4. The maximum absolute atomic E-state index is 12.4. The summed E-state index contributed by atoms with van der Waals surface area (Å²) in [6.45, 7) is 8.23. The molecule has 1 unspecified atom stereocenters. The Hall–Kier alpha value is -1.30. The van der Waals surface area contributed by atoms with E-state index in [1.807, 2.05) is 0 Å². The Labute approximate surface area is 126 Å². The molecule has 1 atom stereocenters. The Morgan fingerprint density at radius 3 is 2.62 bits per heavy atom. The molecule has 0 aromatic rings. The SMILES string of the molecule is CC(CNC(=O)C1(C(N)=NO)CC(C)C1)CN1CCCC1. The minimum absolute atomic E-state index is 0.0466. The Bertz CT molecular complexity index is 398. The zero-order chi connectivity index (χ0) is 15.5. The lowest BCUT2D eigenvalue weighted by atomic mass is 9.61. The van der Waals surface area contributed by atoms with E-state index < -0.39 is 5.41 Å². The number of rotatable bonds is 6. The molecule has 1 aliphatic carbocycles. The molecule has 0 bridgehead atoms. The fourth-order valence-corrected chi connectivity index (χ4v) is 3.64. The lowest BCUT2D eigenvalue weighted by Gasteiger charge is -2.43. The summed E-state index contributed by atoms with van der Waals surface area (Å²) in [5.74, 6) is 0.807. The van der Waals surface area contributed by atoms with Crippen LogP contribution in [0.3, 0.4) is 0 Å². The number of oxime groups is 1. The molecule has 120 valence electrons. The second-order valence-corrected chi connectivity index (χ2v) is 6.90. The molecule has 1 amide bonds. The van der Waals surface area contributed by atoms with E-state index in [2.05, 4.69) is 29.2 Å². The molecule has 2 fully saturated rings. The number of amides is 1. The van der Waals surface area contributed by atoms with Gasteiger partial charge in [0.2, 0.25) is 5.91 Å². The predicted molar refractivity (Wildman–Crippen MR) is 82.1 cm³/mol. The van der Waals surface area contributed by atoms with E-state index in [0.29, 0.717) is 31.2 Å². The molecule has 1 aliphatic heterocycles. The summed E-state index contributed by atoms with van der Waals surface area (Å²) >= 11 is 0. The third-order valence-electron chi connectivity index (χ3n) is 4.81. The van der Waals surface area contributed by atoms with Gasteiger partial charge in [-0.2, -0.15) is 0 Å². The van der Waals surface area contributed by atoms with Crippen molar-refractivity contribution in [2.75, 3.05) is 26.2 Å². The van der Waals surface area contributed by atoms with Crippen LogP contribution in [0, 0.1) is 17.3 Å². The number of hydrogen-bond acceptors (Lipinski definition) is 4. The molecule has 0 spiro atoms. The molecule has 0 aromatic heterocycles. The van der Waals surface area contributed by atoms with Gasteiger partial charge in [-0.1, -0.05) is 19.0 Å². The summed E-state index contributed by atoms with van der Waals surface area (Å²) in [4.78, 5) is 14.9. The van der Waals surface area contributed by atoms with Gasteiger partial charge in [-0.05, 0) is 50.6 Å². The zero-order valence-corrected chi connectivity index (χ0v) is 13.1. The molecule has 21 heavy (non-hydrogen) atoms. The second kappa shape index (κ2) is 6.64. The van der Waals surface area contributed by atoms with Gasteiger partial charge in [-0.3, -0.25) is 4.79 Å². The minimum Gasteiger partial charge on any atom is -0.409 e. The predicted octanol–water partition coefficient (Wildman–Crippen LogP) is 0.997. The summed E-state index contributed by atoms with van der Waals surface area (Å²) in [5.41, 5.74) is 4.96. The van der Waals surface area contributed by atoms with Crippen molar-refractivity contribution in [1.29, 1.82) is 0 Å². The summed E-state index contributed by atoms with van der Waals surface area (Å²) in [7, 11) is 0. The fourth-order valence-electron chi connectivity index (χ4n) is 3.64. The van der Waals surface area contributed by atoms with Crippen LogP contribution in [-0.2, 0) is 4.79 Å². The van der Waals surface area contributed by atoms with Gasteiger partial charge >= 0.3 is 0 Å². The first-order valence-corrected chi connectivity index (χ1v) is 7.96. The van der Waals surface area contributed by atoms with Crippen molar-refractivity contribution < 1.29 is 10.0 Å². The number of nitrogens with zero attached hydrogens (tertiary/aromatic N) is 2. The van der Waals surface area contributed by atoms with E-state index >= 15 is 0 Å². The van der Waals surface area contributed by atoms with Crippen molar-refractivity contribution in [3.8, 4) is 0 Å². The van der Waals surface area contributed by atoms with E-state index in [0.717, 1.165) is 6.54 Å². The smallest absolute Gasteiger partial charge is 0.233 e. The lowest BCUT2D eigenvalue weighted by molar-refractivity contribution is -0.133. The first-order chi connectivity index (χ1) is 9.98. The number of nitrogens with two attached hydrogens (primary N) is 1. The highest BCUT2D eigenvalue weighted by molar-refractivity contribution is 6.07. The number of hydrogen-bond donors (Lipinski definition) is 3. The highest BCUT2D eigenvalue weighted by Crippen LogP contribution is 2.45. The highest BCUT2D eigenvalue weighted by Gasteiger charge is 2.52. The normalized spacial score (nSPS) is 31.7. The maximum Gasteiger partial charge on any atom is 0.233 e. The molecule has 1 saturated heterocycles. The molecule has 4 N–H and O–H groups in total. The van der Waals surface area contributed by atoms with Crippen LogP contribution in [-0.4, -0.2) is 48.0 Å². The van der Waals surface area contributed by atoms with Crippen molar-refractivity contribution in [3.05, 3.63) is 0 Å². The second-order valence-electron chi connectivity index (χ2n) is 6.90. The Kier molecular flexibility index (Phi) is 5.08. The van der Waals surface area contributed by atoms with E-state index in [4.69, 9.17) is 10.9 Å². The first kappa shape index (κ1) is 16.1. The van der Waals surface area contributed by atoms with Gasteiger partial charge in [0.15, 0.2) is 5.84 Å². The number of nitrogens with one attached hydrogen (secondary N) is 1. The Balaban J connectivity index is 1.82. The zero-order valence-electron chi connectivity index (χ0n) is 13.1. The van der Waals surface area contributed by atoms with Crippen LogP contribution in [0.4, 0.5) is 0 Å². The summed E-state index contributed by atoms with van der Waals surface area (Å²) in [6.07, 6.45) is 3.89. The van der Waals surface area contributed by atoms with Gasteiger partial charge < -0.3 is 21.2 Å². The molecule has 2 rings (SSSR count). The molecule has 6 heteroatoms. The van der Waals surface area contributed by atoms with Crippen LogP contribution in [0.1, 0.15) is 39.5 Å². The molecule has 2 aliphatic rings. The minimum atomic E-state index is -0.790. The van der Waals surface area contributed by atoms with Gasteiger partial charge in [0.25, 0.3) is 0 Å². The van der Waals surface area contributed by atoms with E-state index in [1.165, 1.54) is 25.9 Å². The molecule has 0 aromatic carbocycles. The summed E-state index contributed by atoms with van der Waals surface area (Å²) in [5, 5.41) is 15.0.